The second kappa shape index (κ2) is 5.48. The van der Waals surface area contributed by atoms with Gasteiger partial charge < -0.3 is 4.57 Å². The van der Waals surface area contributed by atoms with Crippen molar-refractivity contribution in [1.82, 2.24) is 9.29 Å². The summed E-state index contributed by atoms with van der Waals surface area (Å²) in [7, 11) is -2.19. The van der Waals surface area contributed by atoms with Crippen LogP contribution in [-0.4, -0.2) is 13.0 Å². The van der Waals surface area contributed by atoms with E-state index in [2.05, 4.69) is 4.72 Å². The minimum absolute atomic E-state index is 0.0736. The van der Waals surface area contributed by atoms with Gasteiger partial charge >= 0.3 is 4.87 Å². The average molecular weight is 378 g/mol. The number of thiazole rings is 1. The molecular formula is C17H15FN2O3S2. The van der Waals surface area contributed by atoms with Crippen molar-refractivity contribution in [2.75, 3.05) is 0 Å². The van der Waals surface area contributed by atoms with E-state index in [9.17, 15) is 17.6 Å². The first-order valence-electron chi connectivity index (χ1n) is 7.71. The number of sulfonamides is 1. The van der Waals surface area contributed by atoms with Crippen molar-refractivity contribution in [1.29, 1.82) is 0 Å². The number of aromatic nitrogens is 1. The molecule has 0 atom stereocenters. The maximum Gasteiger partial charge on any atom is 0.307 e. The number of rotatable bonds is 4. The molecule has 0 amide bonds. The highest BCUT2D eigenvalue weighted by Crippen LogP contribution is 2.47. The van der Waals surface area contributed by atoms with Crippen LogP contribution in [0.3, 0.4) is 0 Å². The molecule has 0 bridgehead atoms. The zero-order valence-corrected chi connectivity index (χ0v) is 15.0. The summed E-state index contributed by atoms with van der Waals surface area (Å²) in [6.07, 6.45) is 1.10. The van der Waals surface area contributed by atoms with Crippen LogP contribution in [0.25, 0.3) is 10.2 Å². The third kappa shape index (κ3) is 2.70. The average Bonchev–Trinajstić information content (AvgIpc) is 3.27. The lowest BCUT2D eigenvalue weighted by Crippen LogP contribution is -2.35. The first kappa shape index (κ1) is 16.4. The lowest BCUT2D eigenvalue weighted by molar-refractivity contribution is 0.528. The van der Waals surface area contributed by atoms with Gasteiger partial charge in [0.2, 0.25) is 10.0 Å². The summed E-state index contributed by atoms with van der Waals surface area (Å²) in [5.41, 5.74) is 0.163. The third-order valence-corrected chi connectivity index (χ3v) is 7.07. The Morgan fingerprint density at radius 3 is 2.60 bits per heavy atom. The smallest absolute Gasteiger partial charge is 0.302 e. The zero-order chi connectivity index (χ0) is 17.8. The molecule has 2 aromatic carbocycles. The topological polar surface area (TPSA) is 68.2 Å². The molecule has 0 saturated heterocycles. The molecule has 0 spiro atoms. The standard InChI is InChI=1S/C17H15FN2O3S2/c1-20-14-7-6-11(10-15(14)24-16(20)21)25(22,23)19-17(8-9-17)12-4-2-3-5-13(12)18/h2-7,10,19H,8-9H2,1H3. The van der Waals surface area contributed by atoms with Crippen molar-refractivity contribution in [2.45, 2.75) is 23.3 Å². The molecule has 1 fully saturated rings. The Hall–Kier alpha value is -2.03. The number of nitrogens with zero attached hydrogens (tertiary/aromatic N) is 1. The zero-order valence-electron chi connectivity index (χ0n) is 13.3. The SMILES string of the molecule is Cn1c(=O)sc2cc(S(=O)(=O)NC3(c4ccccc4F)CC3)ccc21. The van der Waals surface area contributed by atoms with Crippen LogP contribution >= 0.6 is 11.3 Å². The van der Waals surface area contributed by atoms with Gasteiger partial charge in [0.15, 0.2) is 0 Å². The van der Waals surface area contributed by atoms with Crippen LogP contribution in [-0.2, 0) is 22.6 Å². The third-order valence-electron chi connectivity index (χ3n) is 4.54. The predicted octanol–water partition coefficient (Wildman–Crippen LogP) is 2.71. The van der Waals surface area contributed by atoms with Gasteiger partial charge in [-0.3, -0.25) is 4.79 Å². The van der Waals surface area contributed by atoms with Crippen LogP contribution in [0.5, 0.6) is 0 Å². The van der Waals surface area contributed by atoms with E-state index in [-0.39, 0.29) is 9.77 Å². The number of aryl methyl sites for hydroxylation is 1. The van der Waals surface area contributed by atoms with Gasteiger partial charge in [-0.05, 0) is 37.1 Å². The van der Waals surface area contributed by atoms with Gasteiger partial charge in [0.25, 0.3) is 0 Å². The van der Waals surface area contributed by atoms with Gasteiger partial charge in [-0.2, -0.15) is 0 Å². The van der Waals surface area contributed by atoms with Gasteiger partial charge in [0.1, 0.15) is 5.82 Å². The highest BCUT2D eigenvalue weighted by atomic mass is 32.2. The van der Waals surface area contributed by atoms with Crippen molar-refractivity contribution >= 4 is 31.6 Å². The molecule has 0 unspecified atom stereocenters. The molecular weight excluding hydrogens is 363 g/mol. The Labute approximate surface area is 147 Å². The van der Waals surface area contributed by atoms with Gasteiger partial charge in [0.05, 0.1) is 20.7 Å². The first-order chi connectivity index (χ1) is 11.8. The largest absolute Gasteiger partial charge is 0.307 e. The number of nitrogens with one attached hydrogen (secondary N) is 1. The maximum absolute atomic E-state index is 14.1. The van der Waals surface area contributed by atoms with Gasteiger partial charge in [-0.15, -0.1) is 0 Å². The lowest BCUT2D eigenvalue weighted by Gasteiger charge is -2.18. The highest BCUT2D eigenvalue weighted by Gasteiger charge is 2.49. The summed E-state index contributed by atoms with van der Waals surface area (Å²) in [6, 6.07) is 10.8. The van der Waals surface area contributed by atoms with Crippen molar-refractivity contribution in [3.63, 3.8) is 0 Å². The molecule has 1 N–H and O–H groups in total. The predicted molar refractivity (Wildman–Crippen MR) is 94.7 cm³/mol. The van der Waals surface area contributed by atoms with E-state index in [1.807, 2.05) is 0 Å². The van der Waals surface area contributed by atoms with E-state index < -0.39 is 21.4 Å². The summed E-state index contributed by atoms with van der Waals surface area (Å²) in [5.74, 6) is -0.417. The molecule has 25 heavy (non-hydrogen) atoms. The minimum atomic E-state index is -3.84. The van der Waals surface area contributed by atoms with Crippen LogP contribution in [0.4, 0.5) is 4.39 Å². The summed E-state index contributed by atoms with van der Waals surface area (Å²) in [5, 5.41) is 0. The summed E-state index contributed by atoms with van der Waals surface area (Å²) < 4.78 is 44.4. The van der Waals surface area contributed by atoms with E-state index in [4.69, 9.17) is 0 Å². The number of halogens is 1. The van der Waals surface area contributed by atoms with E-state index in [0.717, 1.165) is 11.3 Å². The quantitative estimate of drug-likeness (QED) is 0.759. The fourth-order valence-corrected chi connectivity index (χ4v) is 5.46. The Bertz CT molecular complexity index is 1140. The highest BCUT2D eigenvalue weighted by molar-refractivity contribution is 7.89. The van der Waals surface area contributed by atoms with Gasteiger partial charge in [0, 0.05) is 12.6 Å². The van der Waals surface area contributed by atoms with Crippen molar-refractivity contribution in [3.05, 3.63) is 63.5 Å². The molecule has 1 aliphatic carbocycles. The van der Waals surface area contributed by atoms with Crippen LogP contribution in [0, 0.1) is 5.82 Å². The molecule has 0 aliphatic heterocycles. The molecule has 3 aromatic rings. The van der Waals surface area contributed by atoms with E-state index in [1.54, 1.807) is 31.3 Å². The van der Waals surface area contributed by atoms with Gasteiger partial charge in [-0.1, -0.05) is 29.5 Å². The second-order valence-electron chi connectivity index (χ2n) is 6.22. The minimum Gasteiger partial charge on any atom is -0.302 e. The van der Waals surface area contributed by atoms with Crippen LogP contribution in [0.1, 0.15) is 18.4 Å². The molecule has 5 nitrogen and oxygen atoms in total. The number of benzene rings is 2. The molecule has 0 radical (unpaired) electrons. The summed E-state index contributed by atoms with van der Waals surface area (Å²) >= 11 is 0.997. The lowest BCUT2D eigenvalue weighted by atomic mass is 10.1. The fourth-order valence-electron chi connectivity index (χ4n) is 3.00. The van der Waals surface area contributed by atoms with Crippen LogP contribution in [0.2, 0.25) is 0 Å². The molecule has 1 saturated carbocycles. The Balaban J connectivity index is 1.73. The summed E-state index contributed by atoms with van der Waals surface area (Å²) in [6.45, 7) is 0. The first-order valence-corrected chi connectivity index (χ1v) is 10.0. The molecule has 8 heteroatoms. The van der Waals surface area contributed by atoms with Crippen molar-refractivity contribution in [3.8, 4) is 0 Å². The number of hydrogen-bond donors (Lipinski definition) is 1. The fraction of sp³-hybridized carbons (Fsp3) is 0.235. The van der Waals surface area contributed by atoms with E-state index >= 15 is 0 Å². The van der Waals surface area contributed by atoms with Crippen molar-refractivity contribution < 1.29 is 12.8 Å². The van der Waals surface area contributed by atoms with E-state index in [1.165, 1.54) is 22.8 Å². The Morgan fingerprint density at radius 1 is 1.20 bits per heavy atom. The molecule has 1 aromatic heterocycles. The monoisotopic (exact) mass is 378 g/mol. The Kier molecular flexibility index (Phi) is 3.61. The normalized spacial score (nSPS) is 16.2. The van der Waals surface area contributed by atoms with E-state index in [0.29, 0.717) is 28.6 Å². The van der Waals surface area contributed by atoms with Gasteiger partial charge in [-0.25, -0.2) is 17.5 Å². The maximum atomic E-state index is 14.1. The molecule has 1 heterocycles. The number of fused-ring (bicyclic) bond motifs is 1. The molecule has 4 rings (SSSR count). The van der Waals surface area contributed by atoms with Crippen molar-refractivity contribution in [2.24, 2.45) is 7.05 Å². The summed E-state index contributed by atoms with van der Waals surface area (Å²) in [4.78, 5) is 11.7. The molecule has 130 valence electrons. The van der Waals surface area contributed by atoms with Crippen LogP contribution < -0.4 is 9.60 Å². The number of hydrogen-bond acceptors (Lipinski definition) is 4. The Morgan fingerprint density at radius 2 is 1.92 bits per heavy atom. The molecule has 1 aliphatic rings. The second-order valence-corrected chi connectivity index (χ2v) is 8.90. The van der Waals surface area contributed by atoms with Crippen LogP contribution in [0.15, 0.2) is 52.2 Å².